The monoisotopic (exact) mass is 219 g/mol. The van der Waals surface area contributed by atoms with E-state index >= 15 is 0 Å². The Labute approximate surface area is 87.7 Å². The molecule has 0 unspecified atom stereocenters. The van der Waals surface area contributed by atoms with Crippen LogP contribution in [0.5, 0.6) is 0 Å². The third kappa shape index (κ3) is 2.15. The molecule has 2 rings (SSSR count). The van der Waals surface area contributed by atoms with Crippen LogP contribution < -0.4 is 5.73 Å². The summed E-state index contributed by atoms with van der Waals surface area (Å²) in [5.74, 6) is -2.41. The first-order valence-electron chi connectivity index (χ1n) is 4.30. The van der Waals surface area contributed by atoms with Gasteiger partial charge in [-0.15, -0.1) is 12.4 Å². The molecule has 2 N–H and O–H groups in total. The molecule has 1 aliphatic rings. The maximum atomic E-state index is 12.5. The van der Waals surface area contributed by atoms with Crippen molar-refractivity contribution in [2.75, 3.05) is 5.73 Å². The van der Waals surface area contributed by atoms with Crippen molar-refractivity contribution in [2.24, 2.45) is 0 Å². The van der Waals surface area contributed by atoms with Crippen molar-refractivity contribution < 1.29 is 8.78 Å². The Morgan fingerprint density at radius 1 is 1.14 bits per heavy atom. The number of nitrogen functional groups attached to an aromatic ring is 1. The molecule has 0 radical (unpaired) electrons. The lowest BCUT2D eigenvalue weighted by Crippen LogP contribution is -2.33. The average Bonchev–Trinajstić information content (AvgIpc) is 2.01. The van der Waals surface area contributed by atoms with Crippen LogP contribution in [0.3, 0.4) is 0 Å². The van der Waals surface area contributed by atoms with Crippen molar-refractivity contribution in [3.05, 3.63) is 29.8 Å². The smallest absolute Gasteiger partial charge is 0.249 e. The molecule has 0 bridgehead atoms. The van der Waals surface area contributed by atoms with Gasteiger partial charge in [-0.2, -0.15) is 0 Å². The van der Waals surface area contributed by atoms with Crippen LogP contribution in [0.4, 0.5) is 14.5 Å². The molecule has 78 valence electrons. The van der Waals surface area contributed by atoms with E-state index in [9.17, 15) is 8.78 Å². The first kappa shape index (κ1) is 11.2. The highest BCUT2D eigenvalue weighted by Crippen LogP contribution is 2.48. The van der Waals surface area contributed by atoms with Gasteiger partial charge in [-0.25, -0.2) is 8.78 Å². The average molecular weight is 220 g/mol. The second-order valence-corrected chi connectivity index (χ2v) is 3.63. The molecule has 0 saturated heterocycles. The number of hydrogen-bond donors (Lipinski definition) is 1. The standard InChI is InChI=1S/C10H11F2N.ClH/c11-10(12)5-8(6-10)7-1-3-9(13)4-2-7;/h1-4,8H,5-6,13H2;1H. The highest BCUT2D eigenvalue weighted by atomic mass is 35.5. The van der Waals surface area contributed by atoms with Crippen molar-refractivity contribution in [3.63, 3.8) is 0 Å². The number of benzene rings is 1. The Morgan fingerprint density at radius 2 is 1.64 bits per heavy atom. The SMILES string of the molecule is Cl.Nc1ccc(C2CC(F)(F)C2)cc1. The van der Waals surface area contributed by atoms with Crippen LogP contribution in [0.15, 0.2) is 24.3 Å². The van der Waals surface area contributed by atoms with Crippen molar-refractivity contribution in [3.8, 4) is 0 Å². The van der Waals surface area contributed by atoms with Crippen LogP contribution in [0.1, 0.15) is 24.3 Å². The van der Waals surface area contributed by atoms with E-state index in [1.807, 2.05) is 12.1 Å². The van der Waals surface area contributed by atoms with Crippen LogP contribution in [0.2, 0.25) is 0 Å². The minimum Gasteiger partial charge on any atom is -0.399 e. The lowest BCUT2D eigenvalue weighted by Gasteiger charge is -2.35. The molecule has 0 heterocycles. The third-order valence-electron chi connectivity index (χ3n) is 2.50. The topological polar surface area (TPSA) is 26.0 Å². The zero-order valence-corrected chi connectivity index (χ0v) is 8.36. The van der Waals surface area contributed by atoms with Crippen LogP contribution in [0, 0.1) is 0 Å². The van der Waals surface area contributed by atoms with E-state index in [1.54, 1.807) is 12.1 Å². The second-order valence-electron chi connectivity index (χ2n) is 3.63. The molecule has 14 heavy (non-hydrogen) atoms. The molecule has 0 spiro atoms. The number of anilines is 1. The van der Waals surface area contributed by atoms with Crippen LogP contribution in [-0.4, -0.2) is 5.92 Å². The largest absolute Gasteiger partial charge is 0.399 e. The fourth-order valence-corrected chi connectivity index (χ4v) is 1.67. The Hall–Kier alpha value is -0.830. The normalized spacial score (nSPS) is 19.6. The van der Waals surface area contributed by atoms with Crippen molar-refractivity contribution >= 4 is 18.1 Å². The summed E-state index contributed by atoms with van der Waals surface area (Å²) in [6.45, 7) is 0. The van der Waals surface area contributed by atoms with Gasteiger partial charge in [-0.3, -0.25) is 0 Å². The molecule has 1 aromatic carbocycles. The van der Waals surface area contributed by atoms with E-state index < -0.39 is 5.92 Å². The second kappa shape index (κ2) is 3.73. The third-order valence-corrected chi connectivity index (χ3v) is 2.50. The predicted molar refractivity (Wildman–Crippen MR) is 55.0 cm³/mol. The van der Waals surface area contributed by atoms with Gasteiger partial charge < -0.3 is 5.73 Å². The molecule has 1 saturated carbocycles. The Morgan fingerprint density at radius 3 is 2.07 bits per heavy atom. The van der Waals surface area contributed by atoms with Gasteiger partial charge in [0.15, 0.2) is 0 Å². The number of halogens is 3. The fraction of sp³-hybridized carbons (Fsp3) is 0.400. The number of rotatable bonds is 1. The maximum absolute atomic E-state index is 12.5. The molecular formula is C10H12ClF2N. The van der Waals surface area contributed by atoms with Crippen molar-refractivity contribution in [2.45, 2.75) is 24.7 Å². The van der Waals surface area contributed by atoms with E-state index in [0.29, 0.717) is 5.69 Å². The van der Waals surface area contributed by atoms with Gasteiger partial charge in [0.2, 0.25) is 5.92 Å². The summed E-state index contributed by atoms with van der Waals surface area (Å²) < 4.78 is 25.1. The van der Waals surface area contributed by atoms with E-state index in [2.05, 4.69) is 0 Å². The summed E-state index contributed by atoms with van der Waals surface area (Å²) in [6.07, 6.45) is -0.0339. The van der Waals surface area contributed by atoms with E-state index in [4.69, 9.17) is 5.73 Å². The summed E-state index contributed by atoms with van der Waals surface area (Å²) in [7, 11) is 0. The first-order chi connectivity index (χ1) is 6.07. The lowest BCUT2D eigenvalue weighted by atomic mass is 9.77. The Kier molecular flexibility index (Phi) is 3.00. The van der Waals surface area contributed by atoms with E-state index in [-0.39, 0.29) is 31.2 Å². The molecule has 1 fully saturated rings. The summed E-state index contributed by atoms with van der Waals surface area (Å²) in [5, 5.41) is 0. The summed E-state index contributed by atoms with van der Waals surface area (Å²) in [4.78, 5) is 0. The van der Waals surface area contributed by atoms with Crippen molar-refractivity contribution in [1.82, 2.24) is 0 Å². The van der Waals surface area contributed by atoms with Gasteiger partial charge >= 0.3 is 0 Å². The maximum Gasteiger partial charge on any atom is 0.249 e. The lowest BCUT2D eigenvalue weighted by molar-refractivity contribution is -0.0867. The first-order valence-corrected chi connectivity index (χ1v) is 4.30. The molecule has 1 aliphatic carbocycles. The molecule has 1 aromatic rings. The molecular weight excluding hydrogens is 208 g/mol. The van der Waals surface area contributed by atoms with Crippen LogP contribution >= 0.6 is 12.4 Å². The highest BCUT2D eigenvalue weighted by Gasteiger charge is 2.45. The quantitative estimate of drug-likeness (QED) is 0.722. The molecule has 0 amide bonds. The zero-order chi connectivity index (χ0) is 9.47. The minimum absolute atomic E-state index is 0. The molecule has 0 aliphatic heterocycles. The van der Waals surface area contributed by atoms with Crippen molar-refractivity contribution in [1.29, 1.82) is 0 Å². The minimum atomic E-state index is -2.44. The summed E-state index contributed by atoms with van der Waals surface area (Å²) >= 11 is 0. The van der Waals surface area contributed by atoms with E-state index in [1.165, 1.54) is 0 Å². The van der Waals surface area contributed by atoms with Gasteiger partial charge in [0.05, 0.1) is 0 Å². The van der Waals surface area contributed by atoms with Crippen LogP contribution in [-0.2, 0) is 0 Å². The molecule has 0 aromatic heterocycles. The molecule has 1 nitrogen and oxygen atoms in total. The predicted octanol–water partition coefficient (Wildman–Crippen LogP) is 3.20. The van der Waals surface area contributed by atoms with Gasteiger partial charge in [-0.1, -0.05) is 12.1 Å². The van der Waals surface area contributed by atoms with Gasteiger partial charge in [0.1, 0.15) is 0 Å². The van der Waals surface area contributed by atoms with Crippen LogP contribution in [0.25, 0.3) is 0 Å². The Balaban J connectivity index is 0.000000980. The fourth-order valence-electron chi connectivity index (χ4n) is 1.67. The van der Waals surface area contributed by atoms with Gasteiger partial charge in [-0.05, 0) is 23.6 Å². The summed E-state index contributed by atoms with van der Waals surface area (Å²) in [5.41, 5.74) is 7.14. The summed E-state index contributed by atoms with van der Waals surface area (Å²) in [6, 6.07) is 7.17. The highest BCUT2D eigenvalue weighted by molar-refractivity contribution is 5.85. The zero-order valence-electron chi connectivity index (χ0n) is 7.54. The molecule has 4 heteroatoms. The Bertz CT molecular complexity index is 302. The van der Waals surface area contributed by atoms with Gasteiger partial charge in [0.25, 0.3) is 0 Å². The van der Waals surface area contributed by atoms with Gasteiger partial charge in [0, 0.05) is 18.5 Å². The molecule has 0 atom stereocenters. The number of alkyl halides is 2. The number of nitrogens with two attached hydrogens (primary N) is 1. The number of hydrogen-bond acceptors (Lipinski definition) is 1. The van der Waals surface area contributed by atoms with E-state index in [0.717, 1.165) is 5.56 Å².